The Labute approximate surface area is 243 Å². The van der Waals surface area contributed by atoms with Gasteiger partial charge in [-0.1, -0.05) is 42.2 Å². The minimum absolute atomic E-state index is 0.0594. The number of sulfonamides is 1. The third-order valence-electron chi connectivity index (χ3n) is 6.62. The number of aromatic nitrogens is 1. The van der Waals surface area contributed by atoms with Crippen molar-refractivity contribution in [1.29, 1.82) is 0 Å². The molecule has 1 amide bonds. The Morgan fingerprint density at radius 2 is 1.93 bits per heavy atom. The zero-order valence-electron chi connectivity index (χ0n) is 24.3. The summed E-state index contributed by atoms with van der Waals surface area (Å²) < 4.78 is 37.6. The van der Waals surface area contributed by atoms with Crippen LogP contribution >= 0.6 is 0 Å². The van der Waals surface area contributed by atoms with E-state index in [1.54, 1.807) is 21.0 Å². The maximum absolute atomic E-state index is 13.6. The lowest BCUT2D eigenvalue weighted by Crippen LogP contribution is -2.48. The molecule has 0 spiro atoms. The normalized spacial score (nSPS) is 14.6. The van der Waals surface area contributed by atoms with Gasteiger partial charge in [0.25, 0.3) is 5.91 Å². The zero-order valence-corrected chi connectivity index (χ0v) is 25.1. The van der Waals surface area contributed by atoms with E-state index in [4.69, 9.17) is 9.47 Å². The molecule has 2 unspecified atom stereocenters. The average molecular weight is 587 g/mol. The van der Waals surface area contributed by atoms with E-state index in [2.05, 4.69) is 27.5 Å². The number of hydrogen-bond donors (Lipinski definition) is 3. The molecule has 1 heterocycles. The third kappa shape index (κ3) is 10.3. The van der Waals surface area contributed by atoms with Crippen LogP contribution in [0.2, 0.25) is 0 Å². The molecular weight excluding hydrogens is 544 g/mol. The summed E-state index contributed by atoms with van der Waals surface area (Å²) >= 11 is 0. The predicted molar refractivity (Wildman–Crippen MR) is 159 cm³/mol. The van der Waals surface area contributed by atoms with Gasteiger partial charge in [-0.2, -0.15) is 4.98 Å². The summed E-state index contributed by atoms with van der Waals surface area (Å²) in [6.45, 7) is 4.59. The first-order chi connectivity index (χ1) is 19.6. The number of aliphatic hydroxyl groups excluding tert-OH is 1. The number of methoxy groups -OCH3 is 1. The molecule has 3 N–H and O–H groups in total. The number of carbonyl (C=O) groups excluding carboxylic acids is 1. The molecule has 1 fully saturated rings. The quantitative estimate of drug-likeness (QED) is 0.202. The first-order valence-corrected chi connectivity index (χ1v) is 15.5. The van der Waals surface area contributed by atoms with Crippen molar-refractivity contribution in [3.05, 3.63) is 53.6 Å². The molecule has 2 atom stereocenters. The van der Waals surface area contributed by atoms with E-state index in [1.165, 1.54) is 19.2 Å². The van der Waals surface area contributed by atoms with Crippen LogP contribution < -0.4 is 19.7 Å². The lowest BCUT2D eigenvalue weighted by atomic mass is 10.0. The standard InChI is InChI=1S/C30H42N4O6S/c1-22(2)41(37,38)34(3)28-19-25(20-29(33-28)40-17-9-16-39-4)30(36)32-26(18-24-10-6-5-7-11-24)27(35)21-31-15-8-12-23-13-14-23/h5-7,10-11,19-20,22-23,26-27,31,35H,9,13-18,21H2,1-4H3,(H,32,36). The van der Waals surface area contributed by atoms with Gasteiger partial charge in [0.1, 0.15) is 5.82 Å². The number of aliphatic hydroxyl groups is 1. The molecule has 0 radical (unpaired) electrons. The summed E-state index contributed by atoms with van der Waals surface area (Å²) in [4.78, 5) is 17.9. The largest absolute Gasteiger partial charge is 0.478 e. The smallest absolute Gasteiger partial charge is 0.251 e. The monoisotopic (exact) mass is 586 g/mol. The molecule has 0 aliphatic heterocycles. The molecule has 1 aromatic carbocycles. The summed E-state index contributed by atoms with van der Waals surface area (Å²) in [7, 11) is -0.724. The highest BCUT2D eigenvalue weighted by atomic mass is 32.2. The molecule has 224 valence electrons. The highest BCUT2D eigenvalue weighted by Gasteiger charge is 2.27. The van der Waals surface area contributed by atoms with Crippen LogP contribution in [0.4, 0.5) is 5.82 Å². The number of benzene rings is 1. The molecule has 3 rings (SSSR count). The van der Waals surface area contributed by atoms with Gasteiger partial charge < -0.3 is 25.2 Å². The Morgan fingerprint density at radius 3 is 2.59 bits per heavy atom. The van der Waals surface area contributed by atoms with E-state index >= 15 is 0 Å². The second-order valence-electron chi connectivity index (χ2n) is 10.4. The van der Waals surface area contributed by atoms with E-state index in [-0.39, 0.29) is 30.4 Å². The van der Waals surface area contributed by atoms with Crippen molar-refractivity contribution < 1.29 is 27.8 Å². The van der Waals surface area contributed by atoms with Crippen molar-refractivity contribution in [3.63, 3.8) is 0 Å². The second-order valence-corrected chi connectivity index (χ2v) is 12.9. The van der Waals surface area contributed by atoms with Crippen molar-refractivity contribution in [1.82, 2.24) is 15.6 Å². The second kappa shape index (κ2) is 15.7. The summed E-state index contributed by atoms with van der Waals surface area (Å²) in [6, 6.07) is 11.8. The lowest BCUT2D eigenvalue weighted by Gasteiger charge is -2.25. The molecule has 1 aliphatic rings. The number of nitrogens with one attached hydrogen (secondary N) is 2. The fraction of sp³-hybridized carbons (Fsp3) is 0.533. The number of anilines is 1. The van der Waals surface area contributed by atoms with Crippen LogP contribution in [-0.4, -0.2) is 82.3 Å². The summed E-state index contributed by atoms with van der Waals surface area (Å²) in [5, 5.41) is 16.5. The molecule has 1 aromatic heterocycles. The van der Waals surface area contributed by atoms with Crippen molar-refractivity contribution in [2.24, 2.45) is 5.92 Å². The molecule has 0 saturated heterocycles. The van der Waals surface area contributed by atoms with Crippen molar-refractivity contribution in [2.45, 2.75) is 56.9 Å². The van der Waals surface area contributed by atoms with Gasteiger partial charge in [-0.05, 0) is 44.7 Å². The van der Waals surface area contributed by atoms with Crippen LogP contribution in [0, 0.1) is 17.8 Å². The van der Waals surface area contributed by atoms with Gasteiger partial charge in [0.15, 0.2) is 0 Å². The molecule has 1 aliphatic carbocycles. The minimum atomic E-state index is -3.71. The van der Waals surface area contributed by atoms with E-state index < -0.39 is 33.3 Å². The highest BCUT2D eigenvalue weighted by molar-refractivity contribution is 7.93. The van der Waals surface area contributed by atoms with Crippen LogP contribution in [0.1, 0.15) is 49.0 Å². The fourth-order valence-electron chi connectivity index (χ4n) is 3.94. The Bertz CT molecular complexity index is 1290. The third-order valence-corrected chi connectivity index (χ3v) is 8.77. The molecular formula is C30H42N4O6S. The first-order valence-electron chi connectivity index (χ1n) is 13.9. The Hall–Kier alpha value is -3.17. The van der Waals surface area contributed by atoms with Crippen LogP contribution in [0.25, 0.3) is 0 Å². The molecule has 11 heteroatoms. The summed E-state index contributed by atoms with van der Waals surface area (Å²) in [5.74, 6) is 6.45. The highest BCUT2D eigenvalue weighted by Crippen LogP contribution is 2.27. The number of pyridine rings is 1. The SMILES string of the molecule is COCCCOc1cc(C(=O)NC(Cc2ccccc2)C(O)CNCC#CC2CC2)cc(N(C)S(=O)(=O)C(C)C)n1. The predicted octanol–water partition coefficient (Wildman–Crippen LogP) is 2.38. The topological polar surface area (TPSA) is 130 Å². The van der Waals surface area contributed by atoms with Gasteiger partial charge >= 0.3 is 0 Å². The molecule has 10 nitrogen and oxygen atoms in total. The number of carbonyl (C=O) groups is 1. The number of nitrogens with zero attached hydrogens (tertiary/aromatic N) is 2. The maximum Gasteiger partial charge on any atom is 0.251 e. The molecule has 0 bridgehead atoms. The van der Waals surface area contributed by atoms with Crippen LogP contribution in [0.15, 0.2) is 42.5 Å². The molecule has 2 aromatic rings. The zero-order chi connectivity index (χ0) is 29.8. The summed E-state index contributed by atoms with van der Waals surface area (Å²) in [6.07, 6.45) is 2.38. The fourth-order valence-corrected chi connectivity index (χ4v) is 4.92. The van der Waals surface area contributed by atoms with E-state index in [9.17, 15) is 18.3 Å². The van der Waals surface area contributed by atoms with Crippen molar-refractivity contribution in [2.75, 3.05) is 44.8 Å². The van der Waals surface area contributed by atoms with E-state index in [1.807, 2.05) is 30.3 Å². The van der Waals surface area contributed by atoms with E-state index in [0.717, 1.165) is 22.7 Å². The van der Waals surface area contributed by atoms with Crippen molar-refractivity contribution in [3.8, 4) is 17.7 Å². The van der Waals surface area contributed by atoms with Crippen LogP contribution in [0.3, 0.4) is 0 Å². The summed E-state index contributed by atoms with van der Waals surface area (Å²) in [5.41, 5.74) is 1.11. The Balaban J connectivity index is 1.82. The van der Waals surface area contributed by atoms with Crippen LogP contribution in [-0.2, 0) is 21.2 Å². The molecule has 41 heavy (non-hydrogen) atoms. The first kappa shape index (κ1) is 32.3. The van der Waals surface area contributed by atoms with E-state index in [0.29, 0.717) is 31.9 Å². The number of ether oxygens (including phenoxy) is 2. The number of rotatable bonds is 16. The average Bonchev–Trinajstić information content (AvgIpc) is 3.79. The van der Waals surface area contributed by atoms with Crippen molar-refractivity contribution >= 4 is 21.7 Å². The Morgan fingerprint density at radius 1 is 1.20 bits per heavy atom. The molecule has 1 saturated carbocycles. The van der Waals surface area contributed by atoms with Gasteiger partial charge in [0.05, 0.1) is 30.5 Å². The van der Waals surface area contributed by atoms with Gasteiger partial charge in [0.2, 0.25) is 15.9 Å². The number of amides is 1. The number of hydrogen-bond acceptors (Lipinski definition) is 8. The lowest BCUT2D eigenvalue weighted by molar-refractivity contribution is 0.0832. The maximum atomic E-state index is 13.6. The van der Waals surface area contributed by atoms with Gasteiger partial charge in [-0.25, -0.2) is 8.42 Å². The Kier molecular flexibility index (Phi) is 12.4. The van der Waals surface area contributed by atoms with Crippen LogP contribution in [0.5, 0.6) is 5.88 Å². The van der Waals surface area contributed by atoms with Gasteiger partial charge in [-0.15, -0.1) is 0 Å². The van der Waals surface area contributed by atoms with Gasteiger partial charge in [-0.3, -0.25) is 9.10 Å². The minimum Gasteiger partial charge on any atom is -0.478 e. The van der Waals surface area contributed by atoms with Gasteiger partial charge in [0, 0.05) is 51.3 Å².